The summed E-state index contributed by atoms with van der Waals surface area (Å²) in [6, 6.07) is 7.95. The molecule has 2 atom stereocenters. The molecule has 1 aromatic carbocycles. The number of rotatable bonds is 3. The van der Waals surface area contributed by atoms with Gasteiger partial charge < -0.3 is 9.84 Å². The van der Waals surface area contributed by atoms with E-state index in [9.17, 15) is 9.90 Å². The minimum absolute atomic E-state index is 0.223. The lowest BCUT2D eigenvalue weighted by Gasteiger charge is -2.28. The first-order valence-corrected chi connectivity index (χ1v) is 5.96. The predicted molar refractivity (Wildman–Crippen MR) is 65.0 cm³/mol. The molecule has 0 amide bonds. The summed E-state index contributed by atoms with van der Waals surface area (Å²) in [5.74, 6) is -0.745. The molecule has 0 bridgehead atoms. The fourth-order valence-corrected chi connectivity index (χ4v) is 2.52. The molecule has 2 rings (SSSR count). The normalized spacial score (nSPS) is 28.2. The summed E-state index contributed by atoms with van der Waals surface area (Å²) in [5.41, 5.74) is 1.49. The van der Waals surface area contributed by atoms with Crippen LogP contribution in [0.2, 0.25) is 0 Å². The van der Waals surface area contributed by atoms with Crippen LogP contribution in [0.1, 0.15) is 24.5 Å². The standard InChI is InChI=1S/C14H18O3/c1-10-5-3-4-6-12(10)9-14(13(15)16)7-8-17-11(14)2/h3-6,11H,7-9H2,1-2H3,(H,15,16). The molecule has 1 N–H and O–H groups in total. The van der Waals surface area contributed by atoms with Gasteiger partial charge in [0, 0.05) is 6.61 Å². The molecule has 0 saturated carbocycles. The zero-order chi connectivity index (χ0) is 12.5. The number of carboxylic acids is 1. The second kappa shape index (κ2) is 4.49. The molecular formula is C14H18O3. The van der Waals surface area contributed by atoms with Gasteiger partial charge in [-0.1, -0.05) is 24.3 Å². The number of aryl methyl sites for hydroxylation is 1. The quantitative estimate of drug-likeness (QED) is 0.873. The van der Waals surface area contributed by atoms with Gasteiger partial charge in [0.15, 0.2) is 0 Å². The van der Waals surface area contributed by atoms with E-state index in [1.807, 2.05) is 38.1 Å². The van der Waals surface area contributed by atoms with Crippen molar-refractivity contribution in [3.05, 3.63) is 35.4 Å². The summed E-state index contributed by atoms with van der Waals surface area (Å²) in [4.78, 5) is 11.6. The van der Waals surface area contributed by atoms with Gasteiger partial charge in [-0.25, -0.2) is 0 Å². The number of carboxylic acid groups (broad SMARTS) is 1. The Balaban J connectivity index is 2.31. The molecule has 3 nitrogen and oxygen atoms in total. The molecule has 1 saturated heterocycles. The number of hydrogen-bond acceptors (Lipinski definition) is 2. The van der Waals surface area contributed by atoms with Crippen LogP contribution < -0.4 is 0 Å². The van der Waals surface area contributed by atoms with Crippen molar-refractivity contribution in [1.29, 1.82) is 0 Å². The van der Waals surface area contributed by atoms with Gasteiger partial charge in [-0.15, -0.1) is 0 Å². The predicted octanol–water partition coefficient (Wildman–Crippen LogP) is 2.42. The van der Waals surface area contributed by atoms with Gasteiger partial charge in [-0.05, 0) is 37.8 Å². The van der Waals surface area contributed by atoms with E-state index in [0.717, 1.165) is 11.1 Å². The van der Waals surface area contributed by atoms with Crippen molar-refractivity contribution >= 4 is 5.97 Å². The lowest BCUT2D eigenvalue weighted by molar-refractivity contribution is -0.151. The highest BCUT2D eigenvalue weighted by Crippen LogP contribution is 2.39. The van der Waals surface area contributed by atoms with Crippen LogP contribution in [-0.4, -0.2) is 23.8 Å². The average molecular weight is 234 g/mol. The molecule has 0 aromatic heterocycles. The van der Waals surface area contributed by atoms with Crippen LogP contribution in [0.25, 0.3) is 0 Å². The molecular weight excluding hydrogens is 216 g/mol. The monoisotopic (exact) mass is 234 g/mol. The average Bonchev–Trinajstić information content (AvgIpc) is 2.65. The fourth-order valence-electron chi connectivity index (χ4n) is 2.52. The lowest BCUT2D eigenvalue weighted by Crippen LogP contribution is -2.39. The maximum Gasteiger partial charge on any atom is 0.312 e. The van der Waals surface area contributed by atoms with Gasteiger partial charge in [-0.2, -0.15) is 0 Å². The topological polar surface area (TPSA) is 46.5 Å². The zero-order valence-electron chi connectivity index (χ0n) is 10.3. The Morgan fingerprint density at radius 1 is 1.53 bits per heavy atom. The molecule has 0 spiro atoms. The van der Waals surface area contributed by atoms with Gasteiger partial charge in [0.2, 0.25) is 0 Å². The second-order valence-electron chi connectivity index (χ2n) is 4.83. The third-order valence-electron chi connectivity index (χ3n) is 3.89. The molecule has 0 radical (unpaired) electrons. The Hall–Kier alpha value is -1.35. The van der Waals surface area contributed by atoms with Crippen molar-refractivity contribution in [3.8, 4) is 0 Å². The molecule has 2 unspecified atom stereocenters. The molecule has 17 heavy (non-hydrogen) atoms. The van der Waals surface area contributed by atoms with Crippen molar-refractivity contribution in [2.75, 3.05) is 6.61 Å². The summed E-state index contributed by atoms with van der Waals surface area (Å²) in [6.45, 7) is 4.42. The first-order chi connectivity index (χ1) is 8.06. The van der Waals surface area contributed by atoms with E-state index in [1.54, 1.807) is 0 Å². The Labute approximate surface area is 101 Å². The number of benzene rings is 1. The number of carbonyl (C=O) groups is 1. The third-order valence-corrected chi connectivity index (χ3v) is 3.89. The Morgan fingerprint density at radius 3 is 2.76 bits per heavy atom. The Bertz CT molecular complexity index is 427. The highest BCUT2D eigenvalue weighted by Gasteiger charge is 2.48. The van der Waals surface area contributed by atoms with Gasteiger partial charge in [0.1, 0.15) is 0 Å². The minimum atomic E-state index is -0.758. The van der Waals surface area contributed by atoms with Crippen LogP contribution >= 0.6 is 0 Å². The molecule has 1 fully saturated rings. The summed E-state index contributed by atoms with van der Waals surface area (Å²) < 4.78 is 5.46. The van der Waals surface area contributed by atoms with Crippen molar-refractivity contribution in [1.82, 2.24) is 0 Å². The van der Waals surface area contributed by atoms with E-state index in [-0.39, 0.29) is 6.10 Å². The van der Waals surface area contributed by atoms with Gasteiger partial charge >= 0.3 is 5.97 Å². The Kier molecular flexibility index (Phi) is 3.20. The summed E-state index contributed by atoms with van der Waals surface area (Å²) >= 11 is 0. The number of hydrogen-bond donors (Lipinski definition) is 1. The molecule has 3 heteroatoms. The van der Waals surface area contributed by atoms with E-state index >= 15 is 0 Å². The van der Waals surface area contributed by atoms with Gasteiger partial charge in [0.25, 0.3) is 0 Å². The van der Waals surface area contributed by atoms with Crippen LogP contribution in [0.4, 0.5) is 0 Å². The summed E-state index contributed by atoms with van der Waals surface area (Å²) in [5, 5.41) is 9.51. The van der Waals surface area contributed by atoms with Crippen molar-refractivity contribution in [2.45, 2.75) is 32.8 Å². The summed E-state index contributed by atoms with van der Waals surface area (Å²) in [7, 11) is 0. The van der Waals surface area contributed by atoms with Crippen molar-refractivity contribution in [2.24, 2.45) is 5.41 Å². The van der Waals surface area contributed by atoms with Crippen LogP contribution in [-0.2, 0) is 16.0 Å². The SMILES string of the molecule is Cc1ccccc1CC1(C(=O)O)CCOC1C. The zero-order valence-corrected chi connectivity index (χ0v) is 10.3. The second-order valence-corrected chi connectivity index (χ2v) is 4.83. The maximum atomic E-state index is 11.6. The number of ether oxygens (including phenoxy) is 1. The van der Waals surface area contributed by atoms with Crippen molar-refractivity contribution in [3.63, 3.8) is 0 Å². The van der Waals surface area contributed by atoms with Gasteiger partial charge in [-0.3, -0.25) is 4.79 Å². The van der Waals surface area contributed by atoms with Crippen LogP contribution in [0.3, 0.4) is 0 Å². The highest BCUT2D eigenvalue weighted by molar-refractivity contribution is 5.76. The van der Waals surface area contributed by atoms with E-state index in [4.69, 9.17) is 4.74 Å². The van der Waals surface area contributed by atoms with E-state index in [2.05, 4.69) is 0 Å². The summed E-state index contributed by atoms with van der Waals surface area (Å²) in [6.07, 6.45) is 0.924. The first kappa shape index (κ1) is 12.1. The third kappa shape index (κ3) is 2.07. The lowest BCUT2D eigenvalue weighted by atomic mass is 9.75. The molecule has 1 aliphatic heterocycles. The number of aliphatic carboxylic acids is 1. The van der Waals surface area contributed by atoms with Crippen molar-refractivity contribution < 1.29 is 14.6 Å². The highest BCUT2D eigenvalue weighted by atomic mass is 16.5. The maximum absolute atomic E-state index is 11.6. The van der Waals surface area contributed by atoms with Crippen LogP contribution in [0, 0.1) is 12.3 Å². The Morgan fingerprint density at radius 2 is 2.24 bits per heavy atom. The molecule has 92 valence electrons. The van der Waals surface area contributed by atoms with Crippen LogP contribution in [0.15, 0.2) is 24.3 Å². The van der Waals surface area contributed by atoms with E-state index in [0.29, 0.717) is 19.4 Å². The first-order valence-electron chi connectivity index (χ1n) is 5.96. The fraction of sp³-hybridized carbons (Fsp3) is 0.500. The molecule has 1 heterocycles. The smallest absolute Gasteiger partial charge is 0.312 e. The van der Waals surface area contributed by atoms with E-state index in [1.165, 1.54) is 0 Å². The van der Waals surface area contributed by atoms with Gasteiger partial charge in [0.05, 0.1) is 11.5 Å². The molecule has 1 aliphatic rings. The van der Waals surface area contributed by atoms with Crippen LogP contribution in [0.5, 0.6) is 0 Å². The molecule has 0 aliphatic carbocycles. The largest absolute Gasteiger partial charge is 0.481 e. The van der Waals surface area contributed by atoms with E-state index < -0.39 is 11.4 Å². The minimum Gasteiger partial charge on any atom is -0.481 e. The molecule has 1 aromatic rings.